The first-order chi connectivity index (χ1) is 13.6. The van der Waals surface area contributed by atoms with Gasteiger partial charge >= 0.3 is 0 Å². The summed E-state index contributed by atoms with van der Waals surface area (Å²) in [4.78, 5) is 24.1. The van der Waals surface area contributed by atoms with Crippen LogP contribution in [-0.2, 0) is 16.1 Å². The van der Waals surface area contributed by atoms with Crippen LogP contribution in [-0.4, -0.2) is 28.1 Å². The number of amides is 2. The van der Waals surface area contributed by atoms with E-state index in [1.54, 1.807) is 16.9 Å². The second-order valence-corrected chi connectivity index (χ2v) is 7.42. The molecule has 2 atom stereocenters. The van der Waals surface area contributed by atoms with E-state index in [9.17, 15) is 9.59 Å². The Morgan fingerprint density at radius 2 is 1.93 bits per heavy atom. The van der Waals surface area contributed by atoms with Crippen molar-refractivity contribution in [2.24, 2.45) is 11.8 Å². The van der Waals surface area contributed by atoms with Gasteiger partial charge in [0.15, 0.2) is 0 Å². The SMILES string of the molecule is C[C@@H]1C[C@H]1C(=O)NCCC(=O)Nc1ccnn1Cc1cccc2ccccc12. The van der Waals surface area contributed by atoms with Crippen molar-refractivity contribution in [1.29, 1.82) is 0 Å². The van der Waals surface area contributed by atoms with Crippen molar-refractivity contribution in [2.75, 3.05) is 11.9 Å². The van der Waals surface area contributed by atoms with Crippen LogP contribution < -0.4 is 10.6 Å². The van der Waals surface area contributed by atoms with Crippen LogP contribution in [0.2, 0.25) is 0 Å². The van der Waals surface area contributed by atoms with Gasteiger partial charge in [0, 0.05) is 24.9 Å². The fourth-order valence-corrected chi connectivity index (χ4v) is 3.48. The number of nitrogens with zero attached hydrogens (tertiary/aromatic N) is 2. The Morgan fingerprint density at radius 1 is 1.14 bits per heavy atom. The van der Waals surface area contributed by atoms with Gasteiger partial charge in [0.1, 0.15) is 5.82 Å². The third-order valence-corrected chi connectivity index (χ3v) is 5.28. The van der Waals surface area contributed by atoms with Crippen molar-refractivity contribution in [3.63, 3.8) is 0 Å². The highest BCUT2D eigenvalue weighted by Gasteiger charge is 2.38. The molecule has 0 unspecified atom stereocenters. The first kappa shape index (κ1) is 18.2. The van der Waals surface area contributed by atoms with Crippen LogP contribution in [0.4, 0.5) is 5.82 Å². The van der Waals surface area contributed by atoms with E-state index in [0.29, 0.717) is 24.8 Å². The summed E-state index contributed by atoms with van der Waals surface area (Å²) < 4.78 is 1.78. The highest BCUT2D eigenvalue weighted by molar-refractivity contribution is 5.90. The molecule has 0 radical (unpaired) electrons. The minimum atomic E-state index is -0.135. The van der Waals surface area contributed by atoms with E-state index >= 15 is 0 Å². The van der Waals surface area contributed by atoms with Crippen molar-refractivity contribution in [2.45, 2.75) is 26.3 Å². The molecule has 3 aromatic rings. The Balaban J connectivity index is 1.36. The number of anilines is 1. The Labute approximate surface area is 163 Å². The first-order valence-corrected chi connectivity index (χ1v) is 9.68. The molecule has 1 heterocycles. The molecule has 2 N–H and O–H groups in total. The molecule has 6 heteroatoms. The van der Waals surface area contributed by atoms with Crippen molar-refractivity contribution in [3.05, 3.63) is 60.3 Å². The lowest BCUT2D eigenvalue weighted by Crippen LogP contribution is -2.29. The van der Waals surface area contributed by atoms with Gasteiger partial charge in [-0.2, -0.15) is 5.10 Å². The quantitative estimate of drug-likeness (QED) is 0.665. The van der Waals surface area contributed by atoms with E-state index < -0.39 is 0 Å². The molecule has 1 aromatic heterocycles. The molecule has 1 saturated carbocycles. The Hall–Kier alpha value is -3.15. The second kappa shape index (κ2) is 7.84. The van der Waals surface area contributed by atoms with Crippen molar-refractivity contribution < 1.29 is 9.59 Å². The molecule has 2 amide bonds. The van der Waals surface area contributed by atoms with E-state index in [1.807, 2.05) is 18.2 Å². The van der Waals surface area contributed by atoms with E-state index in [-0.39, 0.29) is 24.2 Å². The van der Waals surface area contributed by atoms with Gasteiger partial charge < -0.3 is 10.6 Å². The fourth-order valence-electron chi connectivity index (χ4n) is 3.48. The molecule has 6 nitrogen and oxygen atoms in total. The summed E-state index contributed by atoms with van der Waals surface area (Å²) in [5.41, 5.74) is 1.14. The van der Waals surface area contributed by atoms with Crippen molar-refractivity contribution in [3.8, 4) is 0 Å². The van der Waals surface area contributed by atoms with Gasteiger partial charge in [-0.15, -0.1) is 0 Å². The lowest BCUT2D eigenvalue weighted by atomic mass is 10.0. The maximum atomic E-state index is 12.3. The normalized spacial score (nSPS) is 18.0. The summed E-state index contributed by atoms with van der Waals surface area (Å²) in [5, 5.41) is 12.4. The molecule has 1 aliphatic rings. The molecule has 0 spiro atoms. The number of aromatic nitrogens is 2. The van der Waals surface area contributed by atoms with E-state index in [1.165, 1.54) is 10.8 Å². The molecular formula is C22H24N4O2. The van der Waals surface area contributed by atoms with Crippen LogP contribution in [0.5, 0.6) is 0 Å². The van der Waals surface area contributed by atoms with Gasteiger partial charge in [-0.1, -0.05) is 49.4 Å². The van der Waals surface area contributed by atoms with Gasteiger partial charge in [0.05, 0.1) is 12.7 Å². The van der Waals surface area contributed by atoms with E-state index in [4.69, 9.17) is 0 Å². The highest BCUT2D eigenvalue weighted by atomic mass is 16.2. The maximum absolute atomic E-state index is 12.3. The number of carbonyl (C=O) groups excluding carboxylic acids is 2. The third kappa shape index (κ3) is 4.06. The lowest BCUT2D eigenvalue weighted by molar-refractivity contribution is -0.122. The summed E-state index contributed by atoms with van der Waals surface area (Å²) in [6.07, 6.45) is 2.87. The maximum Gasteiger partial charge on any atom is 0.227 e. The van der Waals surface area contributed by atoms with E-state index in [0.717, 1.165) is 12.0 Å². The number of benzene rings is 2. The topological polar surface area (TPSA) is 76.0 Å². The Kier molecular flexibility index (Phi) is 5.10. The summed E-state index contributed by atoms with van der Waals surface area (Å²) in [6.45, 7) is 2.99. The summed E-state index contributed by atoms with van der Waals surface area (Å²) >= 11 is 0. The molecule has 2 aromatic carbocycles. The molecule has 1 fully saturated rings. The standard InChI is InChI=1S/C22H24N4O2/c1-15-13-19(15)22(28)23-11-10-21(27)25-20-9-12-24-26(20)14-17-7-4-6-16-5-2-3-8-18(16)17/h2-9,12,15,19H,10-11,13-14H2,1H3,(H,23,28)(H,25,27)/t15-,19-/m1/s1. The number of nitrogens with one attached hydrogen (secondary N) is 2. The molecule has 0 bridgehead atoms. The summed E-state index contributed by atoms with van der Waals surface area (Å²) in [5.74, 6) is 1.17. The van der Waals surface area contributed by atoms with Gasteiger partial charge in [-0.25, -0.2) is 4.68 Å². The van der Waals surface area contributed by atoms with Crippen LogP contribution >= 0.6 is 0 Å². The number of hydrogen-bond acceptors (Lipinski definition) is 3. The molecule has 144 valence electrons. The first-order valence-electron chi connectivity index (χ1n) is 9.68. The second-order valence-electron chi connectivity index (χ2n) is 7.42. The van der Waals surface area contributed by atoms with Gasteiger partial charge in [0.2, 0.25) is 11.8 Å². The van der Waals surface area contributed by atoms with Crippen LogP contribution in [0, 0.1) is 11.8 Å². The molecule has 0 aliphatic heterocycles. The average Bonchev–Trinajstić information content (AvgIpc) is 3.28. The zero-order valence-corrected chi connectivity index (χ0v) is 15.9. The lowest BCUT2D eigenvalue weighted by Gasteiger charge is -2.11. The van der Waals surface area contributed by atoms with Crippen LogP contribution in [0.25, 0.3) is 10.8 Å². The smallest absolute Gasteiger partial charge is 0.227 e. The summed E-state index contributed by atoms with van der Waals surface area (Å²) in [7, 11) is 0. The number of rotatable bonds is 7. The third-order valence-electron chi connectivity index (χ3n) is 5.28. The minimum absolute atomic E-state index is 0.0568. The van der Waals surface area contributed by atoms with Crippen molar-refractivity contribution in [1.82, 2.24) is 15.1 Å². The molecule has 28 heavy (non-hydrogen) atoms. The Morgan fingerprint density at radius 3 is 2.75 bits per heavy atom. The van der Waals surface area contributed by atoms with Gasteiger partial charge in [0.25, 0.3) is 0 Å². The van der Waals surface area contributed by atoms with Crippen LogP contribution in [0.15, 0.2) is 54.7 Å². The van der Waals surface area contributed by atoms with Crippen molar-refractivity contribution >= 4 is 28.4 Å². The largest absolute Gasteiger partial charge is 0.355 e. The predicted molar refractivity (Wildman–Crippen MR) is 109 cm³/mol. The minimum Gasteiger partial charge on any atom is -0.355 e. The number of fused-ring (bicyclic) bond motifs is 1. The monoisotopic (exact) mass is 376 g/mol. The zero-order chi connectivity index (χ0) is 19.5. The zero-order valence-electron chi connectivity index (χ0n) is 15.9. The summed E-state index contributed by atoms with van der Waals surface area (Å²) in [6, 6.07) is 16.2. The highest BCUT2D eigenvalue weighted by Crippen LogP contribution is 2.37. The number of carbonyl (C=O) groups is 2. The number of hydrogen-bond donors (Lipinski definition) is 2. The average molecular weight is 376 g/mol. The Bertz CT molecular complexity index is 1010. The van der Waals surface area contributed by atoms with Gasteiger partial charge in [-0.3, -0.25) is 9.59 Å². The molecule has 0 saturated heterocycles. The molecule has 4 rings (SSSR count). The molecule has 1 aliphatic carbocycles. The molecular weight excluding hydrogens is 352 g/mol. The van der Waals surface area contributed by atoms with Crippen LogP contribution in [0.3, 0.4) is 0 Å². The van der Waals surface area contributed by atoms with Crippen LogP contribution in [0.1, 0.15) is 25.3 Å². The predicted octanol–water partition coefficient (Wildman–Crippen LogP) is 3.19. The van der Waals surface area contributed by atoms with E-state index in [2.05, 4.69) is 46.9 Å². The van der Waals surface area contributed by atoms with Gasteiger partial charge in [-0.05, 0) is 28.7 Å². The fraction of sp³-hybridized carbons (Fsp3) is 0.318.